The molecule has 0 bridgehead atoms. The minimum absolute atomic E-state index is 0.326. The summed E-state index contributed by atoms with van der Waals surface area (Å²) in [5.41, 5.74) is 5.94. The molecular weight excluding hydrogens is 340 g/mol. The molecule has 5 rings (SSSR count). The molecule has 0 radical (unpaired) electrons. The summed E-state index contributed by atoms with van der Waals surface area (Å²) in [6.45, 7) is 0.750. The zero-order chi connectivity index (χ0) is 14.8. The Morgan fingerprint density at radius 2 is 2.00 bits per heavy atom. The largest absolute Gasteiger partial charge is 0.505 e. The third-order valence-electron chi connectivity index (χ3n) is 4.38. The average Bonchev–Trinajstić information content (AvgIpc) is 3.03. The highest BCUT2D eigenvalue weighted by Crippen LogP contribution is 2.44. The lowest BCUT2D eigenvalue weighted by Crippen LogP contribution is -2.14. The van der Waals surface area contributed by atoms with Crippen molar-refractivity contribution >= 4 is 43.8 Å². The SMILES string of the molecule is Oc1c2n(c3ccccc13)CC=C1C2=Nc2cc(Br)ccc21. The molecule has 0 saturated heterocycles. The second kappa shape index (κ2) is 4.11. The third kappa shape index (κ3) is 1.43. The number of para-hydroxylation sites is 1. The maximum absolute atomic E-state index is 10.7. The van der Waals surface area contributed by atoms with Gasteiger partial charge in [-0.05, 0) is 24.3 Å². The van der Waals surface area contributed by atoms with Crippen molar-refractivity contribution in [2.24, 2.45) is 4.99 Å². The predicted octanol–water partition coefficient (Wildman–Crippen LogP) is 4.64. The first-order valence-electron chi connectivity index (χ1n) is 7.14. The number of nitrogens with zero attached hydrogens (tertiary/aromatic N) is 2. The smallest absolute Gasteiger partial charge is 0.150 e. The molecule has 1 N–H and O–H groups in total. The van der Waals surface area contributed by atoms with Crippen molar-refractivity contribution in [3.63, 3.8) is 0 Å². The first kappa shape index (κ1) is 12.2. The Hall–Kier alpha value is -2.33. The van der Waals surface area contributed by atoms with Crippen LogP contribution in [-0.4, -0.2) is 15.4 Å². The van der Waals surface area contributed by atoms with Gasteiger partial charge in [-0.1, -0.05) is 40.2 Å². The predicted molar refractivity (Wildman–Crippen MR) is 91.9 cm³/mol. The van der Waals surface area contributed by atoms with Crippen molar-refractivity contribution in [1.82, 2.24) is 4.57 Å². The van der Waals surface area contributed by atoms with Crippen LogP contribution in [0.5, 0.6) is 5.75 Å². The molecule has 0 fully saturated rings. The van der Waals surface area contributed by atoms with Gasteiger partial charge in [0.25, 0.3) is 0 Å². The van der Waals surface area contributed by atoms with Gasteiger partial charge in [0.05, 0.1) is 16.9 Å². The van der Waals surface area contributed by atoms with Gasteiger partial charge in [0.1, 0.15) is 5.69 Å². The van der Waals surface area contributed by atoms with E-state index in [1.165, 1.54) is 0 Å². The van der Waals surface area contributed by atoms with E-state index in [4.69, 9.17) is 4.99 Å². The molecule has 0 atom stereocenters. The quantitative estimate of drug-likeness (QED) is 0.629. The van der Waals surface area contributed by atoms with Crippen molar-refractivity contribution < 1.29 is 5.11 Å². The molecule has 1 aromatic heterocycles. The second-order valence-electron chi connectivity index (χ2n) is 5.56. The van der Waals surface area contributed by atoms with Gasteiger partial charge in [-0.15, -0.1) is 0 Å². The van der Waals surface area contributed by atoms with Crippen LogP contribution in [0.1, 0.15) is 11.3 Å². The Balaban J connectivity index is 1.84. The van der Waals surface area contributed by atoms with Crippen LogP contribution in [0.2, 0.25) is 0 Å². The van der Waals surface area contributed by atoms with E-state index in [-0.39, 0.29) is 0 Å². The summed E-state index contributed by atoms with van der Waals surface area (Å²) in [5, 5.41) is 11.6. The van der Waals surface area contributed by atoms with E-state index < -0.39 is 0 Å². The molecular formula is C18H11BrN2O. The zero-order valence-corrected chi connectivity index (χ0v) is 13.1. The Kier molecular flexibility index (Phi) is 2.29. The normalized spacial score (nSPS) is 15.1. The third-order valence-corrected chi connectivity index (χ3v) is 4.88. The molecule has 2 aromatic carbocycles. The molecule has 106 valence electrons. The van der Waals surface area contributed by atoms with E-state index in [1.807, 2.05) is 36.4 Å². The molecule has 0 aliphatic carbocycles. The fourth-order valence-electron chi connectivity index (χ4n) is 3.42. The van der Waals surface area contributed by atoms with E-state index in [0.29, 0.717) is 5.75 Å². The van der Waals surface area contributed by atoms with Gasteiger partial charge >= 0.3 is 0 Å². The number of halogens is 1. The number of hydrogen-bond donors (Lipinski definition) is 1. The van der Waals surface area contributed by atoms with Gasteiger partial charge in [0.2, 0.25) is 0 Å². The summed E-state index contributed by atoms with van der Waals surface area (Å²) in [6, 6.07) is 14.1. The minimum Gasteiger partial charge on any atom is -0.505 e. The average molecular weight is 351 g/mol. The van der Waals surface area contributed by atoms with Gasteiger partial charge in [-0.2, -0.15) is 0 Å². The van der Waals surface area contributed by atoms with Crippen LogP contribution in [0.3, 0.4) is 0 Å². The molecule has 3 nitrogen and oxygen atoms in total. The molecule has 3 heterocycles. The molecule has 2 aliphatic heterocycles. The number of benzene rings is 2. The van der Waals surface area contributed by atoms with E-state index in [0.717, 1.165) is 50.1 Å². The number of aliphatic imine (C=N–C) groups is 1. The van der Waals surface area contributed by atoms with Crippen molar-refractivity contribution in [3.8, 4) is 5.75 Å². The molecule has 3 aromatic rings. The van der Waals surface area contributed by atoms with Crippen LogP contribution >= 0.6 is 15.9 Å². The Morgan fingerprint density at radius 1 is 1.14 bits per heavy atom. The van der Waals surface area contributed by atoms with E-state index >= 15 is 0 Å². The molecule has 22 heavy (non-hydrogen) atoms. The maximum atomic E-state index is 10.7. The summed E-state index contributed by atoms with van der Waals surface area (Å²) >= 11 is 3.50. The van der Waals surface area contributed by atoms with Gasteiger partial charge in [-0.25, -0.2) is 4.99 Å². The highest BCUT2D eigenvalue weighted by atomic mass is 79.9. The second-order valence-corrected chi connectivity index (χ2v) is 6.48. The first-order valence-corrected chi connectivity index (χ1v) is 7.93. The molecule has 4 heteroatoms. The van der Waals surface area contributed by atoms with E-state index in [1.54, 1.807) is 0 Å². The fourth-order valence-corrected chi connectivity index (χ4v) is 3.77. The van der Waals surface area contributed by atoms with Gasteiger partial charge in [-0.3, -0.25) is 0 Å². The van der Waals surface area contributed by atoms with Crippen molar-refractivity contribution in [2.45, 2.75) is 6.54 Å². The van der Waals surface area contributed by atoms with E-state index in [9.17, 15) is 5.11 Å². The maximum Gasteiger partial charge on any atom is 0.150 e. The lowest BCUT2D eigenvalue weighted by molar-refractivity contribution is 0.477. The number of allylic oxidation sites excluding steroid dienone is 2. The monoisotopic (exact) mass is 350 g/mol. The van der Waals surface area contributed by atoms with Crippen molar-refractivity contribution in [1.29, 1.82) is 0 Å². The fraction of sp³-hybridized carbons (Fsp3) is 0.0556. The molecule has 0 amide bonds. The highest BCUT2D eigenvalue weighted by molar-refractivity contribution is 9.10. The Morgan fingerprint density at radius 3 is 2.91 bits per heavy atom. The highest BCUT2D eigenvalue weighted by Gasteiger charge is 2.31. The van der Waals surface area contributed by atoms with Crippen LogP contribution in [0.15, 0.2) is 58.0 Å². The lowest BCUT2D eigenvalue weighted by Gasteiger charge is -2.16. The van der Waals surface area contributed by atoms with E-state index in [2.05, 4.69) is 32.6 Å². The van der Waals surface area contributed by atoms with Gasteiger partial charge in [0, 0.05) is 27.5 Å². The first-order chi connectivity index (χ1) is 10.7. The number of rotatable bonds is 0. The molecule has 0 spiro atoms. The number of aromatic hydroxyl groups is 1. The summed E-state index contributed by atoms with van der Waals surface area (Å²) in [5.74, 6) is 0.326. The van der Waals surface area contributed by atoms with Crippen LogP contribution in [0.4, 0.5) is 5.69 Å². The number of fused-ring (bicyclic) bond motifs is 7. The lowest BCUT2D eigenvalue weighted by atomic mass is 9.98. The molecule has 0 saturated carbocycles. The van der Waals surface area contributed by atoms with Crippen LogP contribution in [0, 0.1) is 0 Å². The van der Waals surface area contributed by atoms with Crippen LogP contribution < -0.4 is 0 Å². The van der Waals surface area contributed by atoms with Gasteiger partial charge < -0.3 is 9.67 Å². The zero-order valence-electron chi connectivity index (χ0n) is 11.5. The number of aromatic nitrogens is 1. The minimum atomic E-state index is 0.326. The summed E-state index contributed by atoms with van der Waals surface area (Å²) < 4.78 is 3.15. The summed E-state index contributed by atoms with van der Waals surface area (Å²) in [4.78, 5) is 4.77. The van der Waals surface area contributed by atoms with Gasteiger partial charge in [0.15, 0.2) is 5.75 Å². The topological polar surface area (TPSA) is 37.5 Å². The number of hydrogen-bond acceptors (Lipinski definition) is 2. The summed E-state index contributed by atoms with van der Waals surface area (Å²) in [7, 11) is 0. The van der Waals surface area contributed by atoms with Crippen molar-refractivity contribution in [2.75, 3.05) is 0 Å². The summed E-state index contributed by atoms with van der Waals surface area (Å²) in [6.07, 6.45) is 2.19. The molecule has 0 unspecified atom stereocenters. The standard InChI is InChI=1S/C18H11BrN2O/c19-10-5-6-11-12-7-8-21-15-4-2-1-3-13(15)18(22)17(21)16(12)20-14(11)9-10/h1-7,9,22H,8H2. The van der Waals surface area contributed by atoms with Crippen molar-refractivity contribution in [3.05, 3.63) is 64.3 Å². The Labute approximate surface area is 135 Å². The molecule has 2 aliphatic rings. The van der Waals surface area contributed by atoms with Crippen LogP contribution in [0.25, 0.3) is 16.5 Å². The Bertz CT molecular complexity index is 1030. The van der Waals surface area contributed by atoms with Crippen LogP contribution in [-0.2, 0) is 6.54 Å².